The summed E-state index contributed by atoms with van der Waals surface area (Å²) in [4.78, 5) is 0. The fourth-order valence-electron chi connectivity index (χ4n) is 2.81. The van der Waals surface area contributed by atoms with E-state index in [2.05, 4.69) is 9.60 Å². The molecule has 2 aromatic carbocycles. The van der Waals surface area contributed by atoms with E-state index in [0.29, 0.717) is 6.61 Å². The Morgan fingerprint density at radius 3 is 1.96 bits per heavy atom. The van der Waals surface area contributed by atoms with Gasteiger partial charge in [0, 0.05) is 17.2 Å². The summed E-state index contributed by atoms with van der Waals surface area (Å²) < 4.78 is 20.6. The Hall–Kier alpha value is -0.370. The first kappa shape index (κ1) is 18.0. The highest BCUT2D eigenvalue weighted by Crippen LogP contribution is 2.81. The molecule has 0 amide bonds. The third-order valence-corrected chi connectivity index (χ3v) is 15.2. The van der Waals surface area contributed by atoms with Crippen molar-refractivity contribution in [1.82, 2.24) is 5.09 Å². The molecular formula is C15H17Cl2N4OP3. The lowest BCUT2D eigenvalue weighted by atomic mass is 10.4. The fourth-order valence-corrected chi connectivity index (χ4v) is 16.4. The predicted octanol–water partition coefficient (Wildman–Crippen LogP) is 6.15. The molecule has 0 bridgehead atoms. The molecular weight excluding hydrogens is 416 g/mol. The molecule has 2 heterocycles. The Labute approximate surface area is 157 Å². The lowest BCUT2D eigenvalue weighted by molar-refractivity contribution is 0.310. The number of hydrogen-bond donors (Lipinski definition) is 1. The largest absolute Gasteiger partial charge is 0.316 e. The first-order valence-corrected chi connectivity index (χ1v) is 14.7. The molecule has 1 spiro atoms. The minimum atomic E-state index is -2.91. The van der Waals surface area contributed by atoms with Crippen molar-refractivity contribution in [3.63, 3.8) is 0 Å². The van der Waals surface area contributed by atoms with E-state index in [4.69, 9.17) is 36.0 Å². The van der Waals surface area contributed by atoms with Gasteiger partial charge in [0.05, 0.1) is 6.61 Å². The minimum Gasteiger partial charge on any atom is -0.316 e. The van der Waals surface area contributed by atoms with E-state index in [1.807, 2.05) is 60.7 Å². The van der Waals surface area contributed by atoms with Crippen LogP contribution in [0.3, 0.4) is 0 Å². The SMILES string of the molecule is ClP1(Cl)=N[P@@]2(=NP(c3ccccc3)(c3ccccc3)=N1)NCCCO2. The molecule has 1 atom stereocenters. The molecule has 25 heavy (non-hydrogen) atoms. The number of benzene rings is 2. The van der Waals surface area contributed by atoms with Crippen LogP contribution in [-0.4, -0.2) is 13.2 Å². The molecule has 0 aliphatic carbocycles. The number of halogens is 2. The van der Waals surface area contributed by atoms with Gasteiger partial charge >= 0.3 is 0 Å². The molecule has 0 radical (unpaired) electrons. The van der Waals surface area contributed by atoms with Crippen molar-refractivity contribution < 1.29 is 4.52 Å². The molecule has 0 aromatic heterocycles. The van der Waals surface area contributed by atoms with Crippen LogP contribution in [0.25, 0.3) is 0 Å². The summed E-state index contributed by atoms with van der Waals surface area (Å²) in [5.74, 6) is -2.91. The molecule has 0 unspecified atom stereocenters. The van der Waals surface area contributed by atoms with Gasteiger partial charge < -0.3 is 4.52 Å². The smallest absolute Gasteiger partial charge is 0.277 e. The van der Waals surface area contributed by atoms with Gasteiger partial charge in [0.15, 0.2) is 0 Å². The van der Waals surface area contributed by atoms with Gasteiger partial charge in [-0.05, 0) is 28.9 Å². The molecule has 1 saturated heterocycles. The number of hydrogen-bond acceptors (Lipinski definition) is 5. The molecule has 2 aromatic rings. The maximum absolute atomic E-state index is 6.60. The first-order valence-electron chi connectivity index (χ1n) is 7.86. The van der Waals surface area contributed by atoms with Crippen LogP contribution in [0.15, 0.2) is 74.2 Å². The average molecular weight is 433 g/mol. The molecule has 5 nitrogen and oxygen atoms in total. The van der Waals surface area contributed by atoms with E-state index in [1.165, 1.54) is 0 Å². The van der Waals surface area contributed by atoms with Gasteiger partial charge in [-0.15, -0.1) is 0 Å². The van der Waals surface area contributed by atoms with Gasteiger partial charge in [-0.1, -0.05) is 60.7 Å². The summed E-state index contributed by atoms with van der Waals surface area (Å²) >= 11 is 13.2. The maximum atomic E-state index is 6.60. The summed E-state index contributed by atoms with van der Waals surface area (Å²) in [6, 6.07) is 20.0. The van der Waals surface area contributed by atoms with Crippen LogP contribution in [0.2, 0.25) is 0 Å². The van der Waals surface area contributed by atoms with Crippen molar-refractivity contribution in [2.45, 2.75) is 6.42 Å². The minimum absolute atomic E-state index is 0.602. The second-order valence-corrected chi connectivity index (χ2v) is 15.9. The Balaban J connectivity index is 2.08. The van der Waals surface area contributed by atoms with Gasteiger partial charge in [0.2, 0.25) is 0 Å². The third kappa shape index (κ3) is 3.57. The quantitative estimate of drug-likeness (QED) is 0.578. The molecule has 1 N–H and O–H groups in total. The van der Waals surface area contributed by atoms with Crippen LogP contribution >= 0.6 is 43.2 Å². The van der Waals surface area contributed by atoms with E-state index in [1.54, 1.807) is 0 Å². The Kier molecular flexibility index (Phi) is 5.03. The molecule has 0 saturated carbocycles. The van der Waals surface area contributed by atoms with Crippen LogP contribution in [0.5, 0.6) is 0 Å². The molecule has 10 heteroatoms. The van der Waals surface area contributed by atoms with Gasteiger partial charge in [-0.25, -0.2) is 9.60 Å². The summed E-state index contributed by atoms with van der Waals surface area (Å²) in [5.41, 5.74) is 0. The highest BCUT2D eigenvalue weighted by Gasteiger charge is 2.39. The van der Waals surface area contributed by atoms with Crippen molar-refractivity contribution >= 4 is 53.8 Å². The summed E-state index contributed by atoms with van der Waals surface area (Å²) in [6.45, 7) is 1.39. The van der Waals surface area contributed by atoms with Crippen LogP contribution in [0.1, 0.15) is 6.42 Å². The summed E-state index contributed by atoms with van der Waals surface area (Å²) in [6.07, 6.45) is 0.919. The number of nitrogens with one attached hydrogen (secondary N) is 1. The molecule has 1 fully saturated rings. The van der Waals surface area contributed by atoms with E-state index in [-0.39, 0.29) is 0 Å². The zero-order valence-electron chi connectivity index (χ0n) is 13.2. The van der Waals surface area contributed by atoms with Crippen LogP contribution in [0, 0.1) is 0 Å². The molecule has 4 rings (SSSR count). The fraction of sp³-hybridized carbons (Fsp3) is 0.200. The van der Waals surface area contributed by atoms with Gasteiger partial charge in [0.25, 0.3) is 13.5 Å². The zero-order chi connectivity index (χ0) is 17.4. The van der Waals surface area contributed by atoms with Crippen LogP contribution in [0.4, 0.5) is 0 Å². The number of rotatable bonds is 2. The highest BCUT2D eigenvalue weighted by molar-refractivity contribution is 8.14. The predicted molar refractivity (Wildman–Crippen MR) is 110 cm³/mol. The molecule has 2 aliphatic rings. The lowest BCUT2D eigenvalue weighted by Crippen LogP contribution is -2.23. The monoisotopic (exact) mass is 432 g/mol. The maximum Gasteiger partial charge on any atom is 0.277 e. The summed E-state index contributed by atoms with van der Waals surface area (Å²) in [5, 5.41) is 5.39. The van der Waals surface area contributed by atoms with Gasteiger partial charge in [0.1, 0.15) is 7.21 Å². The highest BCUT2D eigenvalue weighted by atomic mass is 35.9. The second kappa shape index (κ2) is 6.98. The Bertz CT molecular complexity index is 890. The zero-order valence-corrected chi connectivity index (χ0v) is 17.4. The topological polar surface area (TPSA) is 58.3 Å². The lowest BCUT2D eigenvalue weighted by Gasteiger charge is -2.34. The molecule has 2 aliphatic heterocycles. The van der Waals surface area contributed by atoms with E-state index in [9.17, 15) is 0 Å². The van der Waals surface area contributed by atoms with Crippen LogP contribution < -0.4 is 15.7 Å². The van der Waals surface area contributed by atoms with E-state index in [0.717, 1.165) is 23.6 Å². The second-order valence-electron chi connectivity index (χ2n) is 5.64. The van der Waals surface area contributed by atoms with Gasteiger partial charge in [-0.3, -0.25) is 0 Å². The van der Waals surface area contributed by atoms with Crippen molar-refractivity contribution in [2.75, 3.05) is 13.2 Å². The average Bonchev–Trinajstić information content (AvgIpc) is 2.62. The number of nitrogens with zero attached hydrogens (tertiary/aromatic N) is 3. The van der Waals surface area contributed by atoms with Crippen molar-refractivity contribution in [1.29, 1.82) is 0 Å². The van der Waals surface area contributed by atoms with Gasteiger partial charge in [-0.2, -0.15) is 9.03 Å². The van der Waals surface area contributed by atoms with Crippen LogP contribution in [-0.2, 0) is 4.52 Å². The Morgan fingerprint density at radius 1 is 0.840 bits per heavy atom. The molecule has 132 valence electrons. The summed E-state index contributed by atoms with van der Waals surface area (Å²) in [7, 11) is -5.16. The standard InChI is InChI=1S/C15H17Cl2N4OP3/c16-24(17)19-23(14-8-3-1-4-9-14,15-10-5-2-6-11-15)20-25(21-24)18-12-7-13-22-25/h1-6,8-11,18H,7,12-13H2/t25-/m0/s1. The van der Waals surface area contributed by atoms with E-state index >= 15 is 0 Å². The van der Waals surface area contributed by atoms with E-state index < -0.39 is 20.7 Å². The van der Waals surface area contributed by atoms with Crippen molar-refractivity contribution in [3.8, 4) is 0 Å². The normalized spacial score (nSPS) is 27.0. The first-order chi connectivity index (χ1) is 12.0. The Morgan fingerprint density at radius 2 is 1.44 bits per heavy atom. The van der Waals surface area contributed by atoms with Crippen molar-refractivity contribution in [2.24, 2.45) is 13.5 Å². The third-order valence-electron chi connectivity index (χ3n) is 3.86. The van der Waals surface area contributed by atoms with Crippen molar-refractivity contribution in [3.05, 3.63) is 60.7 Å².